The van der Waals surface area contributed by atoms with E-state index in [4.69, 9.17) is 21.1 Å². The Hall–Kier alpha value is -0.360. The van der Waals surface area contributed by atoms with Crippen molar-refractivity contribution >= 4 is 33.2 Å². The molecule has 1 N–H and O–H groups in total. The second-order valence-electron chi connectivity index (χ2n) is 5.72. The number of nitrogens with one attached hydrogen (secondary N) is 1. The van der Waals surface area contributed by atoms with Crippen molar-refractivity contribution in [3.63, 3.8) is 0 Å². The predicted molar refractivity (Wildman–Crippen MR) is 84.5 cm³/mol. The average molecular weight is 379 g/mol. The van der Waals surface area contributed by atoms with E-state index >= 15 is 0 Å². The van der Waals surface area contributed by atoms with Crippen LogP contribution in [-0.4, -0.2) is 31.5 Å². The first kappa shape index (κ1) is 15.5. The van der Waals surface area contributed by atoms with E-state index in [1.807, 2.05) is 0 Å². The minimum atomic E-state index is -0.342. The molecule has 0 aromatic heterocycles. The summed E-state index contributed by atoms with van der Waals surface area (Å²) in [6.07, 6.45) is 3.71. The average Bonchev–Trinajstić information content (AvgIpc) is 2.44. The summed E-state index contributed by atoms with van der Waals surface area (Å²) < 4.78 is 25.4. The van der Waals surface area contributed by atoms with Gasteiger partial charge in [-0.05, 0) is 53.7 Å². The number of ether oxygens (including phenoxy) is 2. The summed E-state index contributed by atoms with van der Waals surface area (Å²) in [5, 5.41) is 3.85. The number of rotatable bonds is 2. The third-order valence-electron chi connectivity index (χ3n) is 4.25. The van der Waals surface area contributed by atoms with E-state index in [0.717, 1.165) is 51.2 Å². The molecule has 0 aliphatic carbocycles. The van der Waals surface area contributed by atoms with Gasteiger partial charge < -0.3 is 14.8 Å². The fourth-order valence-electron chi connectivity index (χ4n) is 3.13. The summed E-state index contributed by atoms with van der Waals surface area (Å²) in [5.74, 6) is -0.342. The van der Waals surface area contributed by atoms with Crippen LogP contribution >= 0.6 is 27.5 Å². The van der Waals surface area contributed by atoms with Crippen LogP contribution in [0.4, 0.5) is 10.1 Å². The predicted octanol–water partition coefficient (Wildman–Crippen LogP) is 4.38. The van der Waals surface area contributed by atoms with Crippen molar-refractivity contribution in [3.05, 3.63) is 27.4 Å². The van der Waals surface area contributed by atoms with Crippen LogP contribution in [0.25, 0.3) is 0 Å². The Bertz CT molecular complexity index is 494. The molecule has 21 heavy (non-hydrogen) atoms. The van der Waals surface area contributed by atoms with Crippen LogP contribution in [0.3, 0.4) is 0 Å². The zero-order chi connectivity index (χ0) is 14.9. The molecule has 0 amide bonds. The van der Waals surface area contributed by atoms with E-state index in [2.05, 4.69) is 21.2 Å². The summed E-state index contributed by atoms with van der Waals surface area (Å²) in [7, 11) is 0. The maximum absolute atomic E-state index is 13.3. The van der Waals surface area contributed by atoms with Gasteiger partial charge in [-0.2, -0.15) is 0 Å². The molecule has 1 aromatic carbocycles. The Morgan fingerprint density at radius 2 is 2.05 bits per heavy atom. The zero-order valence-electron chi connectivity index (χ0n) is 11.6. The van der Waals surface area contributed by atoms with Crippen LogP contribution < -0.4 is 5.32 Å². The third-order valence-corrected chi connectivity index (χ3v) is 5.18. The highest BCUT2D eigenvalue weighted by Gasteiger charge is 2.39. The molecule has 0 bridgehead atoms. The van der Waals surface area contributed by atoms with Crippen LogP contribution in [0, 0.1) is 5.82 Å². The minimum absolute atomic E-state index is 0.0762. The van der Waals surface area contributed by atoms with Crippen LogP contribution in [-0.2, 0) is 9.47 Å². The first-order chi connectivity index (χ1) is 10.1. The molecule has 1 aromatic rings. The smallest absolute Gasteiger partial charge is 0.125 e. The molecule has 1 spiro atoms. The molecule has 3 nitrogen and oxygen atoms in total. The molecular formula is C15H18BrClFNO2. The lowest BCUT2D eigenvalue weighted by molar-refractivity contribution is -0.135. The van der Waals surface area contributed by atoms with E-state index in [0.29, 0.717) is 9.50 Å². The first-order valence-corrected chi connectivity index (χ1v) is 8.38. The fourth-order valence-corrected chi connectivity index (χ4v) is 4.05. The maximum atomic E-state index is 13.3. The van der Waals surface area contributed by atoms with Gasteiger partial charge in [-0.25, -0.2) is 4.39 Å². The van der Waals surface area contributed by atoms with Gasteiger partial charge in [-0.1, -0.05) is 11.6 Å². The van der Waals surface area contributed by atoms with Crippen LogP contribution in [0.2, 0.25) is 5.02 Å². The van der Waals surface area contributed by atoms with Crippen LogP contribution in [0.5, 0.6) is 0 Å². The summed E-state index contributed by atoms with van der Waals surface area (Å²) in [6.45, 7) is 2.25. The molecular weight excluding hydrogens is 361 g/mol. The van der Waals surface area contributed by atoms with Gasteiger partial charge in [0.25, 0.3) is 0 Å². The molecule has 3 rings (SSSR count). The normalized spacial score (nSPS) is 25.0. The van der Waals surface area contributed by atoms with Gasteiger partial charge in [0.2, 0.25) is 0 Å². The number of hydrogen-bond donors (Lipinski definition) is 1. The number of benzene rings is 1. The highest BCUT2D eigenvalue weighted by Crippen LogP contribution is 2.38. The molecule has 2 heterocycles. The van der Waals surface area contributed by atoms with E-state index in [-0.39, 0.29) is 17.5 Å². The van der Waals surface area contributed by atoms with E-state index < -0.39 is 0 Å². The SMILES string of the molecule is Fc1cc(Cl)c(NC2CCOC3(CCOCC3)C2)c(Br)c1. The molecule has 6 heteroatoms. The van der Waals surface area contributed by atoms with E-state index in [9.17, 15) is 4.39 Å². The van der Waals surface area contributed by atoms with Crippen LogP contribution in [0.1, 0.15) is 25.7 Å². The first-order valence-electron chi connectivity index (χ1n) is 7.21. The third kappa shape index (κ3) is 3.52. The maximum Gasteiger partial charge on any atom is 0.125 e. The highest BCUT2D eigenvalue weighted by atomic mass is 79.9. The van der Waals surface area contributed by atoms with Crippen molar-refractivity contribution in [2.75, 3.05) is 25.1 Å². The van der Waals surface area contributed by atoms with Gasteiger partial charge in [0.1, 0.15) is 5.82 Å². The molecule has 0 saturated carbocycles. The van der Waals surface area contributed by atoms with Crippen molar-refractivity contribution < 1.29 is 13.9 Å². The molecule has 2 fully saturated rings. The topological polar surface area (TPSA) is 30.5 Å². The molecule has 2 saturated heterocycles. The summed E-state index contributed by atoms with van der Waals surface area (Å²) in [4.78, 5) is 0. The minimum Gasteiger partial charge on any atom is -0.381 e. The largest absolute Gasteiger partial charge is 0.381 e. The summed E-state index contributed by atoms with van der Waals surface area (Å²) in [5.41, 5.74) is 0.680. The van der Waals surface area contributed by atoms with E-state index in [1.165, 1.54) is 12.1 Å². The van der Waals surface area contributed by atoms with Crippen molar-refractivity contribution in [2.45, 2.75) is 37.3 Å². The lowest BCUT2D eigenvalue weighted by Gasteiger charge is -2.43. The Kier molecular flexibility index (Phi) is 4.74. The quantitative estimate of drug-likeness (QED) is 0.828. The summed E-state index contributed by atoms with van der Waals surface area (Å²) in [6, 6.07) is 3.03. The van der Waals surface area contributed by atoms with Crippen molar-refractivity contribution in [1.82, 2.24) is 0 Å². The Labute approximate surface area is 137 Å². The van der Waals surface area contributed by atoms with Gasteiger partial charge in [0.05, 0.1) is 16.3 Å². The molecule has 2 aliphatic rings. The van der Waals surface area contributed by atoms with Crippen molar-refractivity contribution in [3.8, 4) is 0 Å². The van der Waals surface area contributed by atoms with Crippen molar-refractivity contribution in [2.24, 2.45) is 0 Å². The summed E-state index contributed by atoms with van der Waals surface area (Å²) >= 11 is 9.52. The van der Waals surface area contributed by atoms with E-state index in [1.54, 1.807) is 0 Å². The van der Waals surface area contributed by atoms with Gasteiger partial charge in [-0.3, -0.25) is 0 Å². The van der Waals surface area contributed by atoms with Gasteiger partial charge in [-0.15, -0.1) is 0 Å². The lowest BCUT2D eigenvalue weighted by Crippen LogP contribution is -2.47. The molecule has 1 atom stereocenters. The number of halogens is 3. The Morgan fingerprint density at radius 1 is 1.29 bits per heavy atom. The second kappa shape index (κ2) is 6.41. The van der Waals surface area contributed by atoms with Gasteiger partial charge in [0, 0.05) is 30.3 Å². The zero-order valence-corrected chi connectivity index (χ0v) is 14.0. The lowest BCUT2D eigenvalue weighted by atomic mass is 9.84. The molecule has 2 aliphatic heterocycles. The standard InChI is InChI=1S/C15H18BrClFNO2/c16-12-7-10(18)8-13(17)14(12)19-11-1-4-21-15(9-11)2-5-20-6-3-15/h7-8,11,19H,1-6,9H2. The molecule has 0 radical (unpaired) electrons. The highest BCUT2D eigenvalue weighted by molar-refractivity contribution is 9.10. The van der Waals surface area contributed by atoms with Crippen molar-refractivity contribution in [1.29, 1.82) is 0 Å². The molecule has 1 unspecified atom stereocenters. The number of hydrogen-bond acceptors (Lipinski definition) is 3. The Balaban J connectivity index is 1.73. The second-order valence-corrected chi connectivity index (χ2v) is 6.98. The van der Waals surface area contributed by atoms with Gasteiger partial charge in [0.15, 0.2) is 0 Å². The Morgan fingerprint density at radius 3 is 2.76 bits per heavy atom. The fraction of sp³-hybridized carbons (Fsp3) is 0.600. The van der Waals surface area contributed by atoms with Gasteiger partial charge >= 0.3 is 0 Å². The monoisotopic (exact) mass is 377 g/mol. The molecule has 116 valence electrons. The number of anilines is 1. The van der Waals surface area contributed by atoms with Crippen LogP contribution in [0.15, 0.2) is 16.6 Å².